The molecular weight excluding hydrogens is 150 g/mol. The van der Waals surface area contributed by atoms with E-state index in [1.54, 1.807) is 6.08 Å². The van der Waals surface area contributed by atoms with E-state index in [-0.39, 0.29) is 5.54 Å². The highest BCUT2D eigenvalue weighted by Gasteiger charge is 2.40. The molecule has 2 heteroatoms. The summed E-state index contributed by atoms with van der Waals surface area (Å²) >= 11 is 0. The van der Waals surface area contributed by atoms with Gasteiger partial charge in [0.1, 0.15) is 0 Å². The molecule has 2 rings (SSSR count). The number of hydrogen-bond donors (Lipinski definition) is 0. The van der Waals surface area contributed by atoms with Gasteiger partial charge in [-0.2, -0.15) is 4.99 Å². The Bertz CT molecular complexity index is 276. The molecule has 0 aliphatic heterocycles. The van der Waals surface area contributed by atoms with Crippen molar-refractivity contribution in [3.8, 4) is 0 Å². The second-order valence-corrected chi connectivity index (χ2v) is 4.11. The van der Waals surface area contributed by atoms with Gasteiger partial charge in [-0.15, -0.1) is 0 Å². The molecule has 2 atom stereocenters. The Labute approximate surface area is 72.4 Å². The van der Waals surface area contributed by atoms with Crippen LogP contribution in [0.1, 0.15) is 32.6 Å². The zero-order valence-electron chi connectivity index (χ0n) is 7.34. The summed E-state index contributed by atoms with van der Waals surface area (Å²) in [5.74, 6) is 0.591. The van der Waals surface area contributed by atoms with Crippen molar-refractivity contribution in [1.29, 1.82) is 0 Å². The van der Waals surface area contributed by atoms with E-state index >= 15 is 0 Å². The number of rotatable bonds is 1. The summed E-state index contributed by atoms with van der Waals surface area (Å²) in [6.45, 7) is 2.19. The Balaban J connectivity index is 2.31. The fourth-order valence-corrected chi connectivity index (χ4v) is 2.61. The molecule has 0 aromatic carbocycles. The predicted octanol–water partition coefficient (Wildman–Crippen LogP) is 2.21. The molecule has 0 N–H and O–H groups in total. The minimum Gasteiger partial charge on any atom is -0.211 e. The third-order valence-corrected chi connectivity index (χ3v) is 2.97. The number of isocyanates is 1. The van der Waals surface area contributed by atoms with Crippen LogP contribution >= 0.6 is 0 Å². The molecule has 0 saturated heterocycles. The van der Waals surface area contributed by atoms with E-state index in [0.717, 1.165) is 25.7 Å². The zero-order valence-corrected chi connectivity index (χ0v) is 7.34. The standard InChI is InChI=1S/C10H13NO/c1-8-4-9-2-3-10(5-8,6-9)11-7-12/h4,8H,2-3,5-6H2,1H3. The van der Waals surface area contributed by atoms with Crippen molar-refractivity contribution in [1.82, 2.24) is 0 Å². The lowest BCUT2D eigenvalue weighted by Gasteiger charge is -2.27. The molecule has 2 bridgehead atoms. The summed E-state index contributed by atoms with van der Waals surface area (Å²) in [6, 6.07) is 0. The number of nitrogens with zero attached hydrogens (tertiary/aromatic N) is 1. The van der Waals surface area contributed by atoms with Crippen LogP contribution < -0.4 is 0 Å². The van der Waals surface area contributed by atoms with E-state index in [1.807, 2.05) is 0 Å². The second-order valence-electron chi connectivity index (χ2n) is 4.11. The van der Waals surface area contributed by atoms with Crippen LogP contribution in [0.3, 0.4) is 0 Å². The van der Waals surface area contributed by atoms with Crippen LogP contribution in [0, 0.1) is 5.92 Å². The lowest BCUT2D eigenvalue weighted by Crippen LogP contribution is -2.26. The SMILES string of the molecule is CC1C=C2CCC(N=C=O)(C2)C1. The van der Waals surface area contributed by atoms with Crippen LogP contribution in [-0.4, -0.2) is 11.6 Å². The average molecular weight is 163 g/mol. The highest BCUT2D eigenvalue weighted by Crippen LogP contribution is 2.45. The lowest BCUT2D eigenvalue weighted by molar-refractivity contribution is 0.361. The first-order chi connectivity index (χ1) is 5.74. The summed E-state index contributed by atoms with van der Waals surface area (Å²) in [5.41, 5.74) is 1.44. The van der Waals surface area contributed by atoms with E-state index in [2.05, 4.69) is 18.0 Å². The number of aliphatic imine (C=N–C) groups is 1. The van der Waals surface area contributed by atoms with Gasteiger partial charge in [-0.1, -0.05) is 18.6 Å². The molecule has 0 heterocycles. The first-order valence-electron chi connectivity index (χ1n) is 4.53. The Morgan fingerprint density at radius 1 is 1.75 bits per heavy atom. The quantitative estimate of drug-likeness (QED) is 0.331. The Hall–Kier alpha value is -0.880. The van der Waals surface area contributed by atoms with Gasteiger partial charge in [0.15, 0.2) is 0 Å². The van der Waals surface area contributed by atoms with Crippen LogP contribution in [0.25, 0.3) is 0 Å². The molecule has 2 aliphatic rings. The highest BCUT2D eigenvalue weighted by molar-refractivity contribution is 5.37. The molecule has 1 saturated carbocycles. The van der Waals surface area contributed by atoms with Crippen LogP contribution in [0.5, 0.6) is 0 Å². The Kier molecular flexibility index (Phi) is 1.66. The maximum Gasteiger partial charge on any atom is 0.235 e. The summed E-state index contributed by atoms with van der Waals surface area (Å²) in [7, 11) is 0. The summed E-state index contributed by atoms with van der Waals surface area (Å²) in [4.78, 5) is 14.2. The van der Waals surface area contributed by atoms with Crippen molar-refractivity contribution in [2.75, 3.05) is 0 Å². The molecule has 0 aromatic heterocycles. The topological polar surface area (TPSA) is 29.4 Å². The highest BCUT2D eigenvalue weighted by atomic mass is 16.1. The Morgan fingerprint density at radius 3 is 3.33 bits per heavy atom. The predicted molar refractivity (Wildman–Crippen MR) is 46.6 cm³/mol. The fraction of sp³-hybridized carbons (Fsp3) is 0.700. The minimum absolute atomic E-state index is 0.0503. The van der Waals surface area contributed by atoms with Crippen molar-refractivity contribution in [3.05, 3.63) is 11.6 Å². The van der Waals surface area contributed by atoms with E-state index < -0.39 is 0 Å². The maximum atomic E-state index is 10.3. The van der Waals surface area contributed by atoms with Gasteiger partial charge in [-0.05, 0) is 31.6 Å². The molecule has 12 heavy (non-hydrogen) atoms. The smallest absolute Gasteiger partial charge is 0.211 e. The molecule has 1 fully saturated rings. The maximum absolute atomic E-state index is 10.3. The molecule has 2 aliphatic carbocycles. The third-order valence-electron chi connectivity index (χ3n) is 2.97. The lowest BCUT2D eigenvalue weighted by atomic mass is 9.83. The van der Waals surface area contributed by atoms with E-state index in [9.17, 15) is 4.79 Å². The number of allylic oxidation sites excluding steroid dienone is 1. The van der Waals surface area contributed by atoms with Crippen LogP contribution in [-0.2, 0) is 4.79 Å². The first-order valence-corrected chi connectivity index (χ1v) is 4.53. The van der Waals surface area contributed by atoms with E-state index in [0.29, 0.717) is 5.92 Å². The molecular formula is C10H13NO. The monoisotopic (exact) mass is 163 g/mol. The van der Waals surface area contributed by atoms with Crippen LogP contribution in [0.15, 0.2) is 16.6 Å². The second kappa shape index (κ2) is 2.56. The molecule has 64 valence electrons. The van der Waals surface area contributed by atoms with Gasteiger partial charge in [0.2, 0.25) is 6.08 Å². The zero-order chi connectivity index (χ0) is 8.60. The van der Waals surface area contributed by atoms with E-state index in [4.69, 9.17) is 0 Å². The van der Waals surface area contributed by atoms with Gasteiger partial charge < -0.3 is 0 Å². The van der Waals surface area contributed by atoms with Crippen molar-refractivity contribution >= 4 is 6.08 Å². The summed E-state index contributed by atoms with van der Waals surface area (Å²) in [6.07, 6.45) is 8.29. The van der Waals surface area contributed by atoms with Gasteiger partial charge in [0, 0.05) is 0 Å². The molecule has 2 nitrogen and oxygen atoms in total. The molecule has 0 spiro atoms. The van der Waals surface area contributed by atoms with Crippen LogP contribution in [0.4, 0.5) is 0 Å². The van der Waals surface area contributed by atoms with Gasteiger partial charge >= 0.3 is 0 Å². The molecule has 0 amide bonds. The minimum atomic E-state index is -0.0503. The number of fused-ring (bicyclic) bond motifs is 2. The van der Waals surface area contributed by atoms with Crippen molar-refractivity contribution < 1.29 is 4.79 Å². The van der Waals surface area contributed by atoms with Gasteiger partial charge in [-0.25, -0.2) is 4.79 Å². The Morgan fingerprint density at radius 2 is 2.58 bits per heavy atom. The van der Waals surface area contributed by atoms with Gasteiger partial charge in [-0.3, -0.25) is 0 Å². The van der Waals surface area contributed by atoms with Crippen molar-refractivity contribution in [2.24, 2.45) is 10.9 Å². The largest absolute Gasteiger partial charge is 0.235 e. The summed E-state index contributed by atoms with van der Waals surface area (Å²) < 4.78 is 0. The third kappa shape index (κ3) is 1.12. The normalized spacial score (nSPS) is 38.8. The number of hydrogen-bond acceptors (Lipinski definition) is 2. The van der Waals surface area contributed by atoms with Gasteiger partial charge in [0.25, 0.3) is 0 Å². The van der Waals surface area contributed by atoms with Crippen molar-refractivity contribution in [2.45, 2.75) is 38.1 Å². The molecule has 0 aromatic rings. The van der Waals surface area contributed by atoms with E-state index in [1.165, 1.54) is 5.57 Å². The molecule has 2 unspecified atom stereocenters. The van der Waals surface area contributed by atoms with Gasteiger partial charge in [0.05, 0.1) is 5.54 Å². The fourth-order valence-electron chi connectivity index (χ4n) is 2.61. The molecule has 0 radical (unpaired) electrons. The average Bonchev–Trinajstić information content (AvgIpc) is 2.27. The number of carbonyl (C=O) groups excluding carboxylic acids is 1. The van der Waals surface area contributed by atoms with Crippen LogP contribution in [0.2, 0.25) is 0 Å². The first kappa shape index (κ1) is 7.75. The van der Waals surface area contributed by atoms with Crippen molar-refractivity contribution in [3.63, 3.8) is 0 Å². The summed E-state index contributed by atoms with van der Waals surface area (Å²) in [5, 5.41) is 0.